The Labute approximate surface area is 221 Å². The Morgan fingerprint density at radius 3 is 1.83 bits per heavy atom. The van der Waals surface area contributed by atoms with Gasteiger partial charge in [-0.2, -0.15) is 0 Å². The summed E-state index contributed by atoms with van der Waals surface area (Å²) in [5.74, 6) is -0.323. The summed E-state index contributed by atoms with van der Waals surface area (Å²) in [7, 11) is 1.67. The maximum atomic E-state index is 12.4. The van der Waals surface area contributed by atoms with Gasteiger partial charge in [0, 0.05) is 13.0 Å². The van der Waals surface area contributed by atoms with Gasteiger partial charge < -0.3 is 18.9 Å². The van der Waals surface area contributed by atoms with Crippen LogP contribution in [0, 0.1) is 0 Å². The summed E-state index contributed by atoms with van der Waals surface area (Å²) in [6, 6.07) is 0. The lowest BCUT2D eigenvalue weighted by Crippen LogP contribution is -2.37. The number of phosphoric ester groups is 1. The monoisotopic (exact) mass is 538 g/mol. The molecule has 0 heterocycles. The third kappa shape index (κ3) is 25.2. The van der Waals surface area contributed by atoms with Crippen LogP contribution < -0.4 is 0 Å². The molecule has 0 aromatic rings. The van der Waals surface area contributed by atoms with Crippen molar-refractivity contribution in [1.82, 2.24) is 0 Å². The Kier molecular flexibility index (Phi) is 22.2. The largest absolute Gasteiger partial charge is 0.472 e. The van der Waals surface area contributed by atoms with Crippen molar-refractivity contribution in [1.29, 1.82) is 0 Å². The number of hydrogen-bond donors (Lipinski definition) is 1. The molecule has 9 heteroatoms. The first kappa shape index (κ1) is 35.5. The summed E-state index contributed by atoms with van der Waals surface area (Å²) in [6.45, 7) is 5.52. The van der Waals surface area contributed by atoms with Crippen LogP contribution in [0.15, 0.2) is 0 Å². The molecule has 1 N–H and O–H groups in total. The molecule has 0 aliphatic carbocycles. The lowest BCUT2D eigenvalue weighted by Gasteiger charge is -2.24. The van der Waals surface area contributed by atoms with Gasteiger partial charge in [0.25, 0.3) is 0 Å². The predicted molar refractivity (Wildman–Crippen MR) is 146 cm³/mol. The number of ether oxygens (including phenoxy) is 2. The second-order valence-corrected chi connectivity index (χ2v) is 12.2. The average molecular weight is 539 g/mol. The molecule has 0 aliphatic heterocycles. The first-order valence-corrected chi connectivity index (χ1v) is 15.8. The van der Waals surface area contributed by atoms with Crippen molar-refractivity contribution < 1.29 is 37.3 Å². The normalized spacial score (nSPS) is 14.5. The Bertz CT molecular complexity index is 569. The highest BCUT2D eigenvalue weighted by Crippen LogP contribution is 2.43. The van der Waals surface area contributed by atoms with Gasteiger partial charge in [-0.05, 0) is 12.8 Å². The second-order valence-electron chi connectivity index (χ2n) is 10.8. The van der Waals surface area contributed by atoms with Crippen LogP contribution in [0.5, 0.6) is 0 Å². The fraction of sp³-hybridized carbons (Fsp3) is 0.963. The fourth-order valence-electron chi connectivity index (χ4n) is 3.61. The molecule has 0 bridgehead atoms. The first-order chi connectivity index (χ1) is 17.1. The van der Waals surface area contributed by atoms with Crippen molar-refractivity contribution in [3.63, 3.8) is 0 Å². The van der Waals surface area contributed by atoms with Gasteiger partial charge in [0.05, 0.1) is 34.4 Å². The first-order valence-electron chi connectivity index (χ1n) is 14.3. The van der Waals surface area contributed by atoms with Crippen LogP contribution in [-0.4, -0.2) is 75.6 Å². The van der Waals surface area contributed by atoms with Gasteiger partial charge in [-0.1, -0.05) is 90.9 Å². The molecule has 0 aromatic heterocycles. The van der Waals surface area contributed by atoms with E-state index in [4.69, 9.17) is 18.5 Å². The van der Waals surface area contributed by atoms with Gasteiger partial charge in [0.2, 0.25) is 0 Å². The third-order valence-corrected chi connectivity index (χ3v) is 6.90. The van der Waals surface area contributed by atoms with E-state index in [0.717, 1.165) is 32.1 Å². The van der Waals surface area contributed by atoms with Crippen LogP contribution in [0.4, 0.5) is 0 Å². The molecule has 36 heavy (non-hydrogen) atoms. The number of likely N-dealkylation sites (N-methyl/N-ethyl adjacent to an activating group) is 1. The molecule has 2 atom stereocenters. The van der Waals surface area contributed by atoms with Gasteiger partial charge in [0.15, 0.2) is 0 Å². The Morgan fingerprint density at radius 1 is 0.750 bits per heavy atom. The summed E-state index contributed by atoms with van der Waals surface area (Å²) in [5.41, 5.74) is 0. The number of carbonyl (C=O) groups excluding carboxylic acids is 1. The van der Waals surface area contributed by atoms with Gasteiger partial charge in [-0.3, -0.25) is 13.8 Å². The highest BCUT2D eigenvalue weighted by atomic mass is 31.2. The molecule has 0 amide bonds. The summed E-state index contributed by atoms with van der Waals surface area (Å²) < 4.78 is 34.3. The summed E-state index contributed by atoms with van der Waals surface area (Å²) in [6.07, 6.45) is 15.7. The van der Waals surface area contributed by atoms with Gasteiger partial charge in [0.1, 0.15) is 19.3 Å². The quantitative estimate of drug-likeness (QED) is 0.0571. The van der Waals surface area contributed by atoms with E-state index in [1.165, 1.54) is 57.8 Å². The zero-order valence-corrected chi connectivity index (χ0v) is 24.9. The molecule has 0 fully saturated rings. The topological polar surface area (TPSA) is 91.3 Å². The highest BCUT2D eigenvalue weighted by Gasteiger charge is 2.26. The smallest absolute Gasteiger partial charge is 0.457 e. The maximum absolute atomic E-state index is 12.4. The molecule has 0 aliphatic rings. The molecule has 0 aromatic carbocycles. The van der Waals surface area contributed by atoms with Crippen LogP contribution in [0.3, 0.4) is 0 Å². The number of phosphoric acid groups is 1. The fourth-order valence-corrected chi connectivity index (χ4v) is 4.35. The molecule has 8 nitrogen and oxygen atoms in total. The number of unbranched alkanes of at least 4 members (excludes halogenated alkanes) is 12. The highest BCUT2D eigenvalue weighted by molar-refractivity contribution is 7.47. The van der Waals surface area contributed by atoms with Gasteiger partial charge in [-0.15, -0.1) is 0 Å². The van der Waals surface area contributed by atoms with Crippen molar-refractivity contribution in [3.05, 3.63) is 0 Å². The van der Waals surface area contributed by atoms with Crippen LogP contribution in [0.25, 0.3) is 0 Å². The van der Waals surface area contributed by atoms with E-state index >= 15 is 0 Å². The Morgan fingerprint density at radius 2 is 1.28 bits per heavy atom. The molecule has 216 valence electrons. The maximum Gasteiger partial charge on any atom is 0.472 e. The molecule has 2 unspecified atom stereocenters. The van der Waals surface area contributed by atoms with E-state index in [1.807, 2.05) is 21.1 Å². The van der Waals surface area contributed by atoms with E-state index in [9.17, 15) is 14.3 Å². The SMILES string of the molecule is CCCCCCCCCCC(=O)OC(COCCCCCCCC)COP(=O)(O)OCC[N+](C)(C)C. The number of nitrogens with zero attached hydrogens (tertiary/aromatic N) is 1. The van der Waals surface area contributed by atoms with E-state index in [2.05, 4.69) is 13.8 Å². The minimum Gasteiger partial charge on any atom is -0.457 e. The van der Waals surface area contributed by atoms with E-state index in [-0.39, 0.29) is 25.8 Å². The van der Waals surface area contributed by atoms with Crippen molar-refractivity contribution in [3.8, 4) is 0 Å². The van der Waals surface area contributed by atoms with Crippen molar-refractivity contribution >= 4 is 13.8 Å². The number of carbonyl (C=O) groups is 1. The zero-order chi connectivity index (χ0) is 27.1. The van der Waals surface area contributed by atoms with Crippen LogP contribution >= 0.6 is 7.82 Å². The molecule has 0 saturated carbocycles. The number of rotatable bonds is 26. The number of quaternary nitrogens is 1. The van der Waals surface area contributed by atoms with E-state index in [0.29, 0.717) is 24.1 Å². The molecule has 0 rings (SSSR count). The number of hydrogen-bond acceptors (Lipinski definition) is 6. The van der Waals surface area contributed by atoms with E-state index in [1.54, 1.807) is 0 Å². The lowest BCUT2D eigenvalue weighted by atomic mass is 10.1. The van der Waals surface area contributed by atoms with E-state index < -0.39 is 13.9 Å². The second kappa shape index (κ2) is 22.5. The van der Waals surface area contributed by atoms with Crippen molar-refractivity contribution in [2.75, 3.05) is 54.1 Å². The molecule has 0 spiro atoms. The molecular weight excluding hydrogens is 481 g/mol. The standard InChI is InChI=1S/C27H56NO7P/c1-6-8-10-12-14-15-16-18-20-27(29)35-26(24-32-22-19-17-13-11-9-7-2)25-34-36(30,31)33-23-21-28(3,4)5/h26H,6-25H2,1-5H3/p+1. The molecule has 0 radical (unpaired) electrons. The van der Waals surface area contributed by atoms with Crippen LogP contribution in [-0.2, 0) is 27.9 Å². The summed E-state index contributed by atoms with van der Waals surface area (Å²) >= 11 is 0. The number of esters is 1. The molecule has 0 saturated heterocycles. The minimum absolute atomic E-state index is 0.0920. The van der Waals surface area contributed by atoms with Gasteiger partial charge >= 0.3 is 13.8 Å². The van der Waals surface area contributed by atoms with Gasteiger partial charge in [-0.25, -0.2) is 4.57 Å². The molecular formula is C27H57NO7P+. The van der Waals surface area contributed by atoms with Crippen LogP contribution in [0.1, 0.15) is 110 Å². The predicted octanol–water partition coefficient (Wildman–Crippen LogP) is 6.65. The Balaban J connectivity index is 4.41. The Hall–Kier alpha value is -0.500. The average Bonchev–Trinajstić information content (AvgIpc) is 2.79. The minimum atomic E-state index is -4.24. The van der Waals surface area contributed by atoms with Crippen molar-refractivity contribution in [2.45, 2.75) is 116 Å². The van der Waals surface area contributed by atoms with Crippen molar-refractivity contribution in [2.24, 2.45) is 0 Å². The zero-order valence-electron chi connectivity index (χ0n) is 24.0. The third-order valence-electron chi connectivity index (χ3n) is 5.92. The van der Waals surface area contributed by atoms with Crippen LogP contribution in [0.2, 0.25) is 0 Å². The lowest BCUT2D eigenvalue weighted by molar-refractivity contribution is -0.870. The summed E-state index contributed by atoms with van der Waals surface area (Å²) in [5, 5.41) is 0. The summed E-state index contributed by atoms with van der Waals surface area (Å²) in [4.78, 5) is 22.4.